The van der Waals surface area contributed by atoms with Gasteiger partial charge in [-0.05, 0) is 38.3 Å². The van der Waals surface area contributed by atoms with Crippen LogP contribution in [0.3, 0.4) is 0 Å². The number of carbonyl (C=O) groups excluding carboxylic acids is 4. The van der Waals surface area contributed by atoms with Gasteiger partial charge in [0.15, 0.2) is 0 Å². The minimum Gasteiger partial charge on any atom is -0.375 e. The maximum Gasteiger partial charge on any atom is 0.254 e. The summed E-state index contributed by atoms with van der Waals surface area (Å²) in [6.45, 7) is 4.36. The Morgan fingerprint density at radius 3 is 2.77 bits per heavy atom. The maximum absolute atomic E-state index is 13.5. The first-order valence-corrected chi connectivity index (χ1v) is 10.6. The van der Waals surface area contributed by atoms with Crippen LogP contribution in [0.4, 0.5) is 0 Å². The molecule has 0 bridgehead atoms. The van der Waals surface area contributed by atoms with Crippen molar-refractivity contribution >= 4 is 23.6 Å². The monoisotopic (exact) mass is 428 g/mol. The van der Waals surface area contributed by atoms with Gasteiger partial charge >= 0.3 is 0 Å². The number of likely N-dealkylation sites (tertiary alicyclic amines) is 1. The van der Waals surface area contributed by atoms with Crippen LogP contribution in [0.1, 0.15) is 34.3 Å². The van der Waals surface area contributed by atoms with E-state index in [1.165, 1.54) is 12.0 Å². The Bertz CT molecular complexity index is 932. The van der Waals surface area contributed by atoms with Crippen LogP contribution in [0, 0.1) is 13.8 Å². The second kappa shape index (κ2) is 8.30. The van der Waals surface area contributed by atoms with E-state index in [4.69, 9.17) is 4.74 Å². The molecular formula is C22H28N4O5. The third-order valence-electron chi connectivity index (χ3n) is 6.39. The van der Waals surface area contributed by atoms with Gasteiger partial charge in [0, 0.05) is 31.8 Å². The highest BCUT2D eigenvalue weighted by Gasteiger charge is 2.52. The first kappa shape index (κ1) is 21.3. The molecule has 9 nitrogen and oxygen atoms in total. The fraction of sp³-hybridized carbons (Fsp3) is 0.545. The van der Waals surface area contributed by atoms with Gasteiger partial charge in [0.05, 0.1) is 6.04 Å². The average Bonchev–Trinajstić information content (AvgIpc) is 3.31. The summed E-state index contributed by atoms with van der Waals surface area (Å²) >= 11 is 0. The molecule has 3 aliphatic rings. The van der Waals surface area contributed by atoms with Gasteiger partial charge in [-0.15, -0.1) is 0 Å². The van der Waals surface area contributed by atoms with Gasteiger partial charge in [-0.1, -0.05) is 17.7 Å². The number of nitrogens with one attached hydrogen (secondary N) is 2. The molecule has 31 heavy (non-hydrogen) atoms. The Balaban J connectivity index is 1.57. The fourth-order valence-corrected chi connectivity index (χ4v) is 4.88. The van der Waals surface area contributed by atoms with Crippen molar-refractivity contribution in [3.05, 3.63) is 34.9 Å². The fourth-order valence-electron chi connectivity index (χ4n) is 4.88. The van der Waals surface area contributed by atoms with Crippen molar-refractivity contribution in [3.63, 3.8) is 0 Å². The van der Waals surface area contributed by atoms with E-state index in [0.29, 0.717) is 24.9 Å². The number of hydrogen-bond donors (Lipinski definition) is 2. The van der Waals surface area contributed by atoms with Crippen molar-refractivity contribution in [2.24, 2.45) is 0 Å². The zero-order valence-electron chi connectivity index (χ0n) is 18.0. The quantitative estimate of drug-likeness (QED) is 0.688. The number of nitrogens with zero attached hydrogens (tertiary/aromatic N) is 2. The van der Waals surface area contributed by atoms with Crippen LogP contribution < -0.4 is 10.6 Å². The van der Waals surface area contributed by atoms with Crippen molar-refractivity contribution in [1.29, 1.82) is 0 Å². The van der Waals surface area contributed by atoms with E-state index in [2.05, 4.69) is 10.6 Å². The van der Waals surface area contributed by atoms with Gasteiger partial charge in [-0.25, -0.2) is 0 Å². The van der Waals surface area contributed by atoms with Gasteiger partial charge in [0.2, 0.25) is 17.7 Å². The first-order chi connectivity index (χ1) is 14.8. The number of rotatable bonds is 4. The molecule has 2 N–H and O–H groups in total. The van der Waals surface area contributed by atoms with E-state index < -0.39 is 18.1 Å². The third-order valence-corrected chi connectivity index (χ3v) is 6.39. The Morgan fingerprint density at radius 1 is 1.26 bits per heavy atom. The number of hydrogen-bond acceptors (Lipinski definition) is 5. The predicted molar refractivity (Wildman–Crippen MR) is 111 cm³/mol. The lowest BCUT2D eigenvalue weighted by Gasteiger charge is -2.29. The molecule has 166 valence electrons. The second-order valence-corrected chi connectivity index (χ2v) is 8.61. The highest BCUT2D eigenvalue weighted by atomic mass is 16.5. The topological polar surface area (TPSA) is 108 Å². The molecule has 3 saturated heterocycles. The van der Waals surface area contributed by atoms with Crippen LogP contribution in [-0.2, 0) is 19.1 Å². The summed E-state index contributed by atoms with van der Waals surface area (Å²) in [6.07, 6.45) is 0.880. The van der Waals surface area contributed by atoms with Crippen molar-refractivity contribution in [2.75, 3.05) is 26.8 Å². The minimum absolute atomic E-state index is 0.0792. The summed E-state index contributed by atoms with van der Waals surface area (Å²) < 4.78 is 4.84. The van der Waals surface area contributed by atoms with E-state index in [1.54, 1.807) is 4.90 Å². The molecule has 4 amide bonds. The number of carbonyl (C=O) groups is 4. The van der Waals surface area contributed by atoms with Gasteiger partial charge < -0.3 is 25.2 Å². The molecule has 4 rings (SSSR count). The molecule has 9 heteroatoms. The molecule has 0 aromatic heterocycles. The SMILES string of the molecule is COCC(=O)N[C@H]1C[C@@H]2C(=O)N[C@@H]3CCN(C(=O)c4cc(C)ccc4C)[C@@H]3C(=O)N2C1. The smallest absolute Gasteiger partial charge is 0.254 e. The Kier molecular flexibility index (Phi) is 5.70. The maximum atomic E-state index is 13.5. The largest absolute Gasteiger partial charge is 0.375 e. The summed E-state index contributed by atoms with van der Waals surface area (Å²) in [4.78, 5) is 54.7. The third kappa shape index (κ3) is 3.89. The molecule has 1 aromatic rings. The summed E-state index contributed by atoms with van der Waals surface area (Å²) in [6, 6.07) is 3.56. The molecule has 3 aliphatic heterocycles. The zero-order valence-corrected chi connectivity index (χ0v) is 18.0. The Labute approximate surface area is 181 Å². The number of methoxy groups -OCH3 is 1. The summed E-state index contributed by atoms with van der Waals surface area (Å²) in [5, 5.41) is 5.78. The van der Waals surface area contributed by atoms with Crippen LogP contribution in [0.25, 0.3) is 0 Å². The average molecular weight is 428 g/mol. The molecular weight excluding hydrogens is 400 g/mol. The van der Waals surface area contributed by atoms with Gasteiger partial charge in [-0.2, -0.15) is 0 Å². The molecule has 0 aliphatic carbocycles. The highest BCUT2D eigenvalue weighted by molar-refractivity contribution is 6.01. The summed E-state index contributed by atoms with van der Waals surface area (Å²) in [5.74, 6) is -0.958. The van der Waals surface area contributed by atoms with Crippen LogP contribution in [0.15, 0.2) is 18.2 Å². The molecule has 0 spiro atoms. The molecule has 3 fully saturated rings. The van der Waals surface area contributed by atoms with Crippen molar-refractivity contribution < 1.29 is 23.9 Å². The molecule has 0 radical (unpaired) electrons. The number of amides is 4. The molecule has 0 unspecified atom stereocenters. The van der Waals surface area contributed by atoms with Gasteiger partial charge in [0.1, 0.15) is 18.7 Å². The van der Waals surface area contributed by atoms with Crippen molar-refractivity contribution in [1.82, 2.24) is 20.4 Å². The zero-order chi connectivity index (χ0) is 22.3. The number of fused-ring (bicyclic) bond motifs is 2. The van der Waals surface area contributed by atoms with E-state index in [1.807, 2.05) is 32.0 Å². The van der Waals surface area contributed by atoms with E-state index in [9.17, 15) is 19.2 Å². The lowest BCUT2D eigenvalue weighted by atomic mass is 10.0. The molecule has 0 saturated carbocycles. The summed E-state index contributed by atoms with van der Waals surface area (Å²) in [5.41, 5.74) is 2.40. The molecule has 3 heterocycles. The number of benzene rings is 1. The lowest BCUT2D eigenvalue weighted by molar-refractivity contribution is -0.138. The van der Waals surface area contributed by atoms with Crippen LogP contribution in [-0.4, -0.2) is 84.4 Å². The van der Waals surface area contributed by atoms with Crippen LogP contribution in [0.2, 0.25) is 0 Å². The minimum atomic E-state index is -0.741. The Hall–Kier alpha value is -2.94. The van der Waals surface area contributed by atoms with Crippen LogP contribution in [0.5, 0.6) is 0 Å². The van der Waals surface area contributed by atoms with E-state index >= 15 is 0 Å². The first-order valence-electron chi connectivity index (χ1n) is 10.6. The van der Waals surface area contributed by atoms with Gasteiger partial charge in [-0.3, -0.25) is 19.2 Å². The lowest BCUT2D eigenvalue weighted by Crippen LogP contribution is -2.52. The standard InChI is InChI=1S/C22H28N4O5/c1-12-4-5-13(2)15(8-12)21(29)25-7-6-16-19(25)22(30)26-10-14(23-18(27)11-31-3)9-17(26)20(28)24-16/h4-5,8,14,16-17,19H,6-7,9-11H2,1-3H3,(H,23,27)(H,24,28)/t14-,16+,17+,19-/m0/s1. The number of ether oxygens (including phenoxy) is 1. The van der Waals surface area contributed by atoms with Gasteiger partial charge in [0.25, 0.3) is 5.91 Å². The van der Waals surface area contributed by atoms with Crippen molar-refractivity contribution in [2.45, 2.75) is 50.9 Å². The highest BCUT2D eigenvalue weighted by Crippen LogP contribution is 2.30. The predicted octanol–water partition coefficient (Wildman–Crippen LogP) is -0.252. The Morgan fingerprint density at radius 2 is 2.03 bits per heavy atom. The molecule has 4 atom stereocenters. The normalized spacial score (nSPS) is 27.5. The van der Waals surface area contributed by atoms with E-state index in [0.717, 1.165) is 11.1 Å². The second-order valence-electron chi connectivity index (χ2n) is 8.61. The molecule has 1 aromatic carbocycles. The number of aryl methyl sites for hydroxylation is 2. The van der Waals surface area contributed by atoms with E-state index in [-0.39, 0.29) is 42.8 Å². The van der Waals surface area contributed by atoms with Crippen molar-refractivity contribution in [3.8, 4) is 0 Å². The van der Waals surface area contributed by atoms with Crippen LogP contribution >= 0.6 is 0 Å². The summed E-state index contributed by atoms with van der Waals surface area (Å²) in [7, 11) is 1.43.